The minimum atomic E-state index is -3.92. The second-order valence-corrected chi connectivity index (χ2v) is 7.00. The molecule has 8 nitrogen and oxygen atoms in total. The summed E-state index contributed by atoms with van der Waals surface area (Å²) in [5.74, 6) is -5.11. The highest BCUT2D eigenvalue weighted by atomic mass is 19.1. The van der Waals surface area contributed by atoms with E-state index >= 15 is 4.39 Å². The molecule has 34 heavy (non-hydrogen) atoms. The summed E-state index contributed by atoms with van der Waals surface area (Å²) in [5, 5.41) is 3.85. The van der Waals surface area contributed by atoms with Gasteiger partial charge in [-0.1, -0.05) is 12.1 Å². The molecule has 0 spiro atoms. The molecule has 2 fully saturated rings. The predicted octanol–water partition coefficient (Wildman–Crippen LogP) is 2.03. The van der Waals surface area contributed by atoms with E-state index in [9.17, 15) is 14.4 Å². The van der Waals surface area contributed by atoms with Crippen molar-refractivity contribution in [1.29, 1.82) is 0 Å². The van der Waals surface area contributed by atoms with E-state index in [0.29, 0.717) is 4.90 Å². The lowest BCUT2D eigenvalue weighted by molar-refractivity contribution is -0.136. The lowest BCUT2D eigenvalue weighted by atomic mass is 10.0. The summed E-state index contributed by atoms with van der Waals surface area (Å²) >= 11 is 0. The standard InChI is InChI=1S/C25H27FN4O4/c26-20-5-4-16(14-29-8-10-34-11-9-29)12-17(20)13-27-21-3-1-2-18-19(21)15-30(25(18)33)22-6-7-23(31)28-24(22)32/h1-5,12,22,27H,6-11,13-15H2,(H,28,31,32)/i1D,2D,3D,5D,8D2,9D2,10D2,11D2,12D,13D2,14D2,15D2. The van der Waals surface area contributed by atoms with Gasteiger partial charge in [0.05, 0.1) is 30.9 Å². The van der Waals surface area contributed by atoms with Crippen LogP contribution in [0.2, 0.25) is 0 Å². The summed E-state index contributed by atoms with van der Waals surface area (Å²) in [6, 6.07) is -7.69. The van der Waals surface area contributed by atoms with Crippen LogP contribution in [0.4, 0.5) is 10.1 Å². The van der Waals surface area contributed by atoms with E-state index in [2.05, 4.69) is 4.74 Å². The summed E-state index contributed by atoms with van der Waals surface area (Å²) < 4.78 is 179. The molecule has 178 valence electrons. The number of benzene rings is 2. The maximum Gasteiger partial charge on any atom is 0.255 e. The highest BCUT2D eigenvalue weighted by molar-refractivity contribution is 6.06. The number of rotatable bonds is 6. The number of halogens is 1. The van der Waals surface area contributed by atoms with E-state index in [-0.39, 0.29) is 18.9 Å². The first-order valence-electron chi connectivity index (χ1n) is 19.2. The van der Waals surface area contributed by atoms with Gasteiger partial charge in [-0.25, -0.2) is 4.39 Å². The number of piperidine rings is 1. The Bertz CT molecular complexity index is 1950. The number of carbonyl (C=O) groups is 3. The fourth-order valence-corrected chi connectivity index (χ4v) is 3.28. The quantitative estimate of drug-likeness (QED) is 0.609. The second-order valence-electron chi connectivity index (χ2n) is 7.00. The summed E-state index contributed by atoms with van der Waals surface area (Å²) in [7, 11) is 0. The average molecular weight is 486 g/mol. The number of nitrogens with zero attached hydrogens (tertiary/aromatic N) is 2. The Labute approximate surface area is 223 Å². The van der Waals surface area contributed by atoms with Crippen LogP contribution >= 0.6 is 0 Å². The van der Waals surface area contributed by atoms with Gasteiger partial charge in [0.1, 0.15) is 11.9 Å². The minimum absolute atomic E-state index is 0.226. The molecule has 0 bridgehead atoms. The monoisotopic (exact) mass is 485 g/mol. The number of hydrogen-bond acceptors (Lipinski definition) is 6. The smallest absolute Gasteiger partial charge is 0.255 e. The molecule has 1 atom stereocenters. The van der Waals surface area contributed by atoms with Gasteiger partial charge in [-0.05, 0) is 36.2 Å². The molecule has 3 amide bonds. The number of nitrogens with one attached hydrogen (secondary N) is 2. The van der Waals surface area contributed by atoms with Crippen molar-refractivity contribution in [2.45, 2.75) is 38.4 Å². The highest BCUT2D eigenvalue weighted by Gasteiger charge is 2.39. The molecular formula is C25H27FN4O4. The molecule has 2 saturated heterocycles. The summed E-state index contributed by atoms with van der Waals surface area (Å²) in [6.45, 7) is -26.2. The predicted molar refractivity (Wildman–Crippen MR) is 122 cm³/mol. The third-order valence-electron chi connectivity index (χ3n) is 4.85. The lowest BCUT2D eigenvalue weighted by Gasteiger charge is -2.29. The van der Waals surface area contributed by atoms with Crippen molar-refractivity contribution in [2.75, 3.05) is 31.4 Å². The van der Waals surface area contributed by atoms with Crippen LogP contribution in [0.3, 0.4) is 0 Å². The fraction of sp³-hybridized carbons (Fsp3) is 0.400. The number of imide groups is 1. The Morgan fingerprint density at radius 1 is 1.26 bits per heavy atom. The molecule has 9 heteroatoms. The SMILES string of the molecule is [2H]c1cc(C([2H])([2H])N2C([2H])([2H])C([2H])([2H])OC([2H])([2H])C2([2H])[2H])c([2H])c(C([2H])([2H])Nc2c([2H])c([2H])c([2H])c3c2C([2H])([2H])N(C2CCC(=O)NC2=O)C3=O)c1F. The van der Waals surface area contributed by atoms with E-state index in [0.717, 1.165) is 0 Å². The lowest BCUT2D eigenvalue weighted by Crippen LogP contribution is -2.52. The first kappa shape index (κ1) is 9.39. The highest BCUT2D eigenvalue weighted by Crippen LogP contribution is 2.32. The van der Waals surface area contributed by atoms with Gasteiger partial charge in [0.25, 0.3) is 5.91 Å². The van der Waals surface area contributed by atoms with Crippen molar-refractivity contribution in [3.05, 3.63) is 64.3 Å². The van der Waals surface area contributed by atoms with Crippen LogP contribution in [-0.2, 0) is 33.8 Å². The van der Waals surface area contributed by atoms with Gasteiger partial charge in [0.15, 0.2) is 0 Å². The van der Waals surface area contributed by atoms with Gasteiger partial charge in [-0.2, -0.15) is 0 Å². The van der Waals surface area contributed by atoms with Gasteiger partial charge in [-0.15, -0.1) is 0 Å². The topological polar surface area (TPSA) is 91.0 Å². The molecule has 1 unspecified atom stereocenters. The van der Waals surface area contributed by atoms with Crippen LogP contribution in [0, 0.1) is 5.82 Å². The Hall–Kier alpha value is -3.30. The molecule has 0 aliphatic carbocycles. The Balaban J connectivity index is 1.70. The Morgan fingerprint density at radius 2 is 2.09 bits per heavy atom. The van der Waals surface area contributed by atoms with Crippen LogP contribution in [0.5, 0.6) is 0 Å². The van der Waals surface area contributed by atoms with E-state index in [1.807, 2.05) is 10.6 Å². The molecule has 0 aromatic heterocycles. The Kier molecular flexibility index (Phi) is 2.63. The van der Waals surface area contributed by atoms with Crippen LogP contribution in [0.15, 0.2) is 36.3 Å². The molecule has 2 aromatic carbocycles. The van der Waals surface area contributed by atoms with E-state index in [1.54, 1.807) is 0 Å². The van der Waals surface area contributed by atoms with Crippen LogP contribution in [0.1, 0.15) is 65.9 Å². The number of carbonyl (C=O) groups excluding carboxylic acids is 3. The van der Waals surface area contributed by atoms with Crippen molar-refractivity contribution in [2.24, 2.45) is 0 Å². The number of morpholine rings is 1. The zero-order chi connectivity index (χ0) is 40.6. The van der Waals surface area contributed by atoms with Crippen LogP contribution in [-0.4, -0.2) is 59.7 Å². The number of fused-ring (bicyclic) bond motifs is 1. The summed E-state index contributed by atoms with van der Waals surface area (Å²) in [6.07, 6.45) is -0.728. The van der Waals surface area contributed by atoms with Crippen molar-refractivity contribution in [3.63, 3.8) is 0 Å². The first-order valence-corrected chi connectivity index (χ1v) is 9.71. The molecule has 2 aromatic rings. The van der Waals surface area contributed by atoms with E-state index in [1.165, 1.54) is 0 Å². The van der Waals surface area contributed by atoms with Crippen molar-refractivity contribution in [1.82, 2.24) is 15.1 Å². The van der Waals surface area contributed by atoms with Gasteiger partial charge < -0.3 is 15.0 Å². The Morgan fingerprint density at radius 3 is 2.88 bits per heavy atom. The molecule has 5 rings (SSSR count). The summed E-state index contributed by atoms with van der Waals surface area (Å²) in [5.41, 5.74) is -5.98. The van der Waals surface area contributed by atoms with Crippen molar-refractivity contribution in [3.8, 4) is 0 Å². The molecule has 3 aliphatic heterocycles. The number of hydrogen-bond donors (Lipinski definition) is 2. The van der Waals surface area contributed by atoms with E-state index < -0.39 is 138 Å². The average Bonchev–Trinajstić information content (AvgIpc) is 3.18. The zero-order valence-electron chi connectivity index (χ0n) is 36.0. The number of amides is 3. The molecular weight excluding hydrogens is 439 g/mol. The first-order chi connectivity index (χ1) is 23.8. The molecule has 3 aliphatic rings. The maximum absolute atomic E-state index is 15.8. The normalized spacial score (nSPS) is 37.3. The molecule has 0 saturated carbocycles. The molecule has 2 N–H and O–H groups in total. The zero-order valence-corrected chi connectivity index (χ0v) is 17.0. The van der Waals surface area contributed by atoms with Gasteiger partial charge in [0, 0.05) is 69.5 Å². The van der Waals surface area contributed by atoms with Crippen LogP contribution in [0.25, 0.3) is 0 Å². The van der Waals surface area contributed by atoms with Crippen LogP contribution < -0.4 is 10.6 Å². The number of ether oxygens (including phenoxy) is 1. The van der Waals surface area contributed by atoms with Gasteiger partial charge in [-0.3, -0.25) is 24.6 Å². The largest absolute Gasteiger partial charge is 0.381 e. The second kappa shape index (κ2) is 9.52. The molecule has 0 radical (unpaired) electrons. The van der Waals surface area contributed by atoms with Crippen molar-refractivity contribution >= 4 is 23.4 Å². The van der Waals surface area contributed by atoms with Gasteiger partial charge >= 0.3 is 0 Å². The third-order valence-corrected chi connectivity index (χ3v) is 4.85. The summed E-state index contributed by atoms with van der Waals surface area (Å²) in [4.78, 5) is 37.7. The van der Waals surface area contributed by atoms with Crippen molar-refractivity contribution < 1.29 is 49.6 Å². The van der Waals surface area contributed by atoms with E-state index in [4.69, 9.17) is 26.0 Å². The maximum atomic E-state index is 15.8. The third kappa shape index (κ3) is 4.53. The number of anilines is 1. The van der Waals surface area contributed by atoms with Gasteiger partial charge in [0.2, 0.25) is 11.8 Å². The molecule has 3 heterocycles. The minimum Gasteiger partial charge on any atom is -0.381 e. The fourth-order valence-electron chi connectivity index (χ4n) is 3.28.